The molecule has 0 saturated carbocycles. The van der Waals surface area contributed by atoms with Crippen molar-refractivity contribution >= 4 is 5.91 Å². The van der Waals surface area contributed by atoms with Gasteiger partial charge in [0.15, 0.2) is 0 Å². The standard InChI is InChI=1S/C7H11N3O/c1-2-5(6(8)11)7-9-3-4-10-7/h3-5H,2H2,1H3,(H2,8,11)(H,9,10). The fourth-order valence-electron chi connectivity index (χ4n) is 0.997. The second-order valence-electron chi connectivity index (χ2n) is 2.34. The molecule has 0 aliphatic rings. The molecule has 1 aromatic rings. The Bertz CT molecular complexity index is 230. The molecular weight excluding hydrogens is 142 g/mol. The quantitative estimate of drug-likeness (QED) is 0.659. The Labute approximate surface area is 64.8 Å². The SMILES string of the molecule is CCC(C(N)=O)c1ncc[nH]1. The Kier molecular flexibility index (Phi) is 2.25. The third-order valence-corrected chi connectivity index (χ3v) is 1.60. The van der Waals surface area contributed by atoms with Gasteiger partial charge < -0.3 is 10.7 Å². The van der Waals surface area contributed by atoms with Crippen molar-refractivity contribution in [3.05, 3.63) is 18.2 Å². The number of nitrogens with two attached hydrogens (primary N) is 1. The van der Waals surface area contributed by atoms with Crippen LogP contribution in [0.3, 0.4) is 0 Å². The van der Waals surface area contributed by atoms with Gasteiger partial charge in [0.2, 0.25) is 5.91 Å². The van der Waals surface area contributed by atoms with Gasteiger partial charge in [0.25, 0.3) is 0 Å². The van der Waals surface area contributed by atoms with Crippen molar-refractivity contribution in [1.29, 1.82) is 0 Å². The van der Waals surface area contributed by atoms with Gasteiger partial charge in [-0.15, -0.1) is 0 Å². The lowest BCUT2D eigenvalue weighted by Crippen LogP contribution is -2.21. The molecule has 1 amide bonds. The Morgan fingerprint density at radius 3 is 3.00 bits per heavy atom. The van der Waals surface area contributed by atoms with Crippen molar-refractivity contribution in [2.24, 2.45) is 5.73 Å². The zero-order valence-corrected chi connectivity index (χ0v) is 6.37. The van der Waals surface area contributed by atoms with E-state index in [4.69, 9.17) is 5.73 Å². The summed E-state index contributed by atoms with van der Waals surface area (Å²) in [5, 5.41) is 0. The van der Waals surface area contributed by atoms with Gasteiger partial charge in [-0.3, -0.25) is 4.79 Å². The lowest BCUT2D eigenvalue weighted by Gasteiger charge is -2.05. The first-order valence-corrected chi connectivity index (χ1v) is 3.54. The highest BCUT2D eigenvalue weighted by atomic mass is 16.1. The van der Waals surface area contributed by atoms with Crippen LogP contribution < -0.4 is 5.73 Å². The van der Waals surface area contributed by atoms with Crippen molar-refractivity contribution in [1.82, 2.24) is 9.97 Å². The van der Waals surface area contributed by atoms with Crippen molar-refractivity contribution in [3.63, 3.8) is 0 Å². The molecule has 1 atom stereocenters. The maximum absolute atomic E-state index is 10.8. The third kappa shape index (κ3) is 1.58. The fourth-order valence-corrected chi connectivity index (χ4v) is 0.997. The Morgan fingerprint density at radius 2 is 2.64 bits per heavy atom. The van der Waals surface area contributed by atoms with Gasteiger partial charge in [-0.05, 0) is 6.42 Å². The van der Waals surface area contributed by atoms with Gasteiger partial charge in [-0.1, -0.05) is 6.92 Å². The predicted molar refractivity (Wildman–Crippen MR) is 40.8 cm³/mol. The summed E-state index contributed by atoms with van der Waals surface area (Å²) < 4.78 is 0. The van der Waals surface area contributed by atoms with E-state index in [2.05, 4.69) is 9.97 Å². The number of H-pyrrole nitrogens is 1. The monoisotopic (exact) mass is 153 g/mol. The van der Waals surface area contributed by atoms with E-state index >= 15 is 0 Å². The van der Waals surface area contributed by atoms with E-state index in [-0.39, 0.29) is 11.8 Å². The van der Waals surface area contributed by atoms with Crippen LogP contribution in [-0.2, 0) is 4.79 Å². The maximum Gasteiger partial charge on any atom is 0.228 e. The maximum atomic E-state index is 10.8. The first-order chi connectivity index (χ1) is 5.25. The number of imidazole rings is 1. The van der Waals surface area contributed by atoms with Gasteiger partial charge in [-0.25, -0.2) is 4.98 Å². The van der Waals surface area contributed by atoms with Crippen molar-refractivity contribution in [3.8, 4) is 0 Å². The summed E-state index contributed by atoms with van der Waals surface area (Å²) in [6.45, 7) is 1.90. The number of carbonyl (C=O) groups excluding carboxylic acids is 1. The lowest BCUT2D eigenvalue weighted by atomic mass is 10.1. The number of carbonyl (C=O) groups is 1. The minimum atomic E-state index is -0.331. The van der Waals surface area contributed by atoms with E-state index in [1.54, 1.807) is 12.4 Å². The number of amides is 1. The molecule has 11 heavy (non-hydrogen) atoms. The Hall–Kier alpha value is -1.32. The average molecular weight is 153 g/mol. The zero-order valence-electron chi connectivity index (χ0n) is 6.37. The summed E-state index contributed by atoms with van der Waals surface area (Å²) >= 11 is 0. The van der Waals surface area contributed by atoms with Crippen LogP contribution in [0.2, 0.25) is 0 Å². The Balaban J connectivity index is 2.79. The molecule has 0 aliphatic heterocycles. The molecule has 0 spiro atoms. The van der Waals surface area contributed by atoms with Gasteiger partial charge in [0.05, 0.1) is 5.92 Å². The molecule has 0 bridgehead atoms. The topological polar surface area (TPSA) is 71.8 Å². The highest BCUT2D eigenvalue weighted by molar-refractivity contribution is 5.80. The molecule has 0 aromatic carbocycles. The fraction of sp³-hybridized carbons (Fsp3) is 0.429. The molecule has 4 heteroatoms. The summed E-state index contributed by atoms with van der Waals surface area (Å²) in [5.74, 6) is 0.0486. The van der Waals surface area contributed by atoms with Crippen LogP contribution in [0.15, 0.2) is 12.4 Å². The molecule has 0 saturated heterocycles. The van der Waals surface area contributed by atoms with Crippen LogP contribution in [0.5, 0.6) is 0 Å². The third-order valence-electron chi connectivity index (χ3n) is 1.60. The van der Waals surface area contributed by atoms with Crippen LogP contribution in [0.1, 0.15) is 25.1 Å². The summed E-state index contributed by atoms with van der Waals surface area (Å²) in [4.78, 5) is 17.6. The van der Waals surface area contributed by atoms with Crippen LogP contribution in [0.4, 0.5) is 0 Å². The minimum Gasteiger partial charge on any atom is -0.369 e. The number of nitrogens with zero attached hydrogens (tertiary/aromatic N) is 1. The molecule has 1 rings (SSSR count). The number of primary amides is 1. The highest BCUT2D eigenvalue weighted by Crippen LogP contribution is 2.13. The number of aromatic nitrogens is 2. The summed E-state index contributed by atoms with van der Waals surface area (Å²) in [6, 6.07) is 0. The summed E-state index contributed by atoms with van der Waals surface area (Å²) in [5.41, 5.74) is 5.14. The van der Waals surface area contributed by atoms with Crippen LogP contribution >= 0.6 is 0 Å². The number of rotatable bonds is 3. The molecule has 1 aromatic heterocycles. The zero-order chi connectivity index (χ0) is 8.27. The number of hydrogen-bond acceptors (Lipinski definition) is 2. The first kappa shape index (κ1) is 7.78. The van der Waals surface area contributed by atoms with Crippen LogP contribution in [0.25, 0.3) is 0 Å². The number of aromatic amines is 1. The van der Waals surface area contributed by atoms with E-state index < -0.39 is 0 Å². The van der Waals surface area contributed by atoms with Crippen LogP contribution in [-0.4, -0.2) is 15.9 Å². The average Bonchev–Trinajstić information content (AvgIpc) is 2.40. The van der Waals surface area contributed by atoms with E-state index in [0.29, 0.717) is 12.2 Å². The van der Waals surface area contributed by atoms with Crippen molar-refractivity contribution < 1.29 is 4.79 Å². The van der Waals surface area contributed by atoms with Gasteiger partial charge >= 0.3 is 0 Å². The summed E-state index contributed by atoms with van der Waals surface area (Å²) in [7, 11) is 0. The molecular formula is C7H11N3O. The van der Waals surface area contributed by atoms with Crippen molar-refractivity contribution in [2.75, 3.05) is 0 Å². The van der Waals surface area contributed by atoms with E-state index in [9.17, 15) is 4.79 Å². The van der Waals surface area contributed by atoms with E-state index in [0.717, 1.165) is 0 Å². The Morgan fingerprint density at radius 1 is 1.91 bits per heavy atom. The second kappa shape index (κ2) is 3.18. The van der Waals surface area contributed by atoms with Gasteiger partial charge in [0.1, 0.15) is 5.82 Å². The first-order valence-electron chi connectivity index (χ1n) is 3.54. The molecule has 1 unspecified atom stereocenters. The molecule has 0 radical (unpaired) electrons. The molecule has 1 heterocycles. The second-order valence-corrected chi connectivity index (χ2v) is 2.34. The molecule has 4 nitrogen and oxygen atoms in total. The van der Waals surface area contributed by atoms with Gasteiger partial charge in [0, 0.05) is 12.4 Å². The largest absolute Gasteiger partial charge is 0.369 e. The normalized spacial score (nSPS) is 12.8. The summed E-state index contributed by atoms with van der Waals surface area (Å²) in [6.07, 6.45) is 3.98. The minimum absolute atomic E-state index is 0.273. The van der Waals surface area contributed by atoms with Crippen LogP contribution in [0, 0.1) is 0 Å². The molecule has 0 fully saturated rings. The molecule has 60 valence electrons. The predicted octanol–water partition coefficient (Wildman–Crippen LogP) is 0.389. The van der Waals surface area contributed by atoms with Gasteiger partial charge in [-0.2, -0.15) is 0 Å². The highest BCUT2D eigenvalue weighted by Gasteiger charge is 2.16. The smallest absolute Gasteiger partial charge is 0.228 e. The molecule has 3 N–H and O–H groups in total. The molecule has 0 aliphatic carbocycles. The van der Waals surface area contributed by atoms with Crippen molar-refractivity contribution in [2.45, 2.75) is 19.3 Å². The number of hydrogen-bond donors (Lipinski definition) is 2. The van der Waals surface area contributed by atoms with E-state index in [1.807, 2.05) is 6.92 Å². The number of nitrogens with one attached hydrogen (secondary N) is 1. The van der Waals surface area contributed by atoms with E-state index in [1.165, 1.54) is 0 Å². The lowest BCUT2D eigenvalue weighted by molar-refractivity contribution is -0.119.